The average molecular weight is 286 g/mol. The first-order valence-corrected chi connectivity index (χ1v) is 6.65. The summed E-state index contributed by atoms with van der Waals surface area (Å²) in [5.41, 5.74) is 1.61. The van der Waals surface area contributed by atoms with Crippen LogP contribution in [0, 0.1) is 6.92 Å². The molecule has 0 aliphatic rings. The van der Waals surface area contributed by atoms with Gasteiger partial charge in [0.25, 0.3) is 0 Å². The molecule has 3 aromatic rings. The molecule has 0 aliphatic heterocycles. The van der Waals surface area contributed by atoms with E-state index in [4.69, 9.17) is 5.11 Å². The van der Waals surface area contributed by atoms with Crippen molar-refractivity contribution in [3.8, 4) is 0 Å². The summed E-state index contributed by atoms with van der Waals surface area (Å²) in [4.78, 5) is 15.4. The molecule has 100 valence electrons. The number of hydrogen-bond donors (Lipinski definition) is 1. The van der Waals surface area contributed by atoms with Gasteiger partial charge in [0.1, 0.15) is 5.03 Å². The lowest BCUT2D eigenvalue weighted by atomic mass is 10.2. The van der Waals surface area contributed by atoms with Gasteiger partial charge in [-0.15, -0.1) is 10.2 Å². The molecule has 0 bridgehead atoms. The smallest absolute Gasteiger partial charge is 0.335 e. The van der Waals surface area contributed by atoms with Crippen LogP contribution in [0.1, 0.15) is 16.1 Å². The molecule has 0 atom stereocenters. The molecule has 0 unspecified atom stereocenters. The highest BCUT2D eigenvalue weighted by Gasteiger charge is 2.11. The third-order valence-electron chi connectivity index (χ3n) is 2.66. The zero-order valence-electron chi connectivity index (χ0n) is 10.5. The average Bonchev–Trinajstić information content (AvgIpc) is 2.82. The lowest BCUT2D eigenvalue weighted by molar-refractivity contribution is 0.0696. The van der Waals surface area contributed by atoms with Crippen LogP contribution in [0.25, 0.3) is 5.65 Å². The van der Waals surface area contributed by atoms with Crippen molar-refractivity contribution >= 4 is 23.4 Å². The van der Waals surface area contributed by atoms with Crippen LogP contribution < -0.4 is 0 Å². The van der Waals surface area contributed by atoms with Crippen LogP contribution in [-0.4, -0.2) is 30.7 Å². The predicted octanol–water partition coefficient (Wildman–Crippen LogP) is 2.28. The Balaban J connectivity index is 2.00. The number of carboxylic acid groups (broad SMARTS) is 1. The number of carboxylic acids is 1. The minimum absolute atomic E-state index is 0.217. The Morgan fingerprint density at radius 2 is 2.15 bits per heavy atom. The number of fused-ring (bicyclic) bond motifs is 1. The van der Waals surface area contributed by atoms with Crippen molar-refractivity contribution in [3.05, 3.63) is 47.8 Å². The molecule has 0 aromatic carbocycles. The molecule has 0 amide bonds. The topological polar surface area (TPSA) is 80.4 Å². The summed E-state index contributed by atoms with van der Waals surface area (Å²) in [6.45, 7) is 1.76. The van der Waals surface area contributed by atoms with Crippen LogP contribution in [0.3, 0.4) is 0 Å². The summed E-state index contributed by atoms with van der Waals surface area (Å²) in [5.74, 6) is -0.969. The molecule has 0 spiro atoms. The summed E-state index contributed by atoms with van der Waals surface area (Å²) in [6.07, 6.45) is 1.85. The van der Waals surface area contributed by atoms with Crippen LogP contribution >= 0.6 is 11.8 Å². The Morgan fingerprint density at radius 3 is 2.95 bits per heavy atom. The second-order valence-electron chi connectivity index (χ2n) is 4.15. The van der Waals surface area contributed by atoms with Gasteiger partial charge in [-0.25, -0.2) is 9.78 Å². The van der Waals surface area contributed by atoms with Gasteiger partial charge in [-0.1, -0.05) is 6.07 Å². The molecular weight excluding hydrogens is 276 g/mol. The minimum Gasteiger partial charge on any atom is -0.478 e. The van der Waals surface area contributed by atoms with E-state index < -0.39 is 5.97 Å². The van der Waals surface area contributed by atoms with E-state index >= 15 is 0 Å². The van der Waals surface area contributed by atoms with Gasteiger partial charge in [0.2, 0.25) is 5.16 Å². The van der Waals surface area contributed by atoms with Gasteiger partial charge in [-0.05, 0) is 43.0 Å². The van der Waals surface area contributed by atoms with Gasteiger partial charge in [0.15, 0.2) is 5.65 Å². The van der Waals surface area contributed by atoms with E-state index in [-0.39, 0.29) is 5.56 Å². The summed E-state index contributed by atoms with van der Waals surface area (Å²) in [5, 5.41) is 18.4. The Kier molecular flexibility index (Phi) is 3.11. The summed E-state index contributed by atoms with van der Waals surface area (Å²) < 4.78 is 1.83. The first-order chi connectivity index (χ1) is 9.63. The summed E-state index contributed by atoms with van der Waals surface area (Å²) in [6, 6.07) is 8.68. The standard InChI is InChI=1S/C13H10N4O2S/c1-8-6-9(12(18)19)7-11(14-8)20-13-16-15-10-4-2-3-5-17(10)13/h2-7H,1H3,(H,18,19). The van der Waals surface area contributed by atoms with Crippen LogP contribution in [0.2, 0.25) is 0 Å². The third kappa shape index (κ3) is 2.35. The molecule has 3 rings (SSSR count). The van der Waals surface area contributed by atoms with Gasteiger partial charge >= 0.3 is 5.97 Å². The van der Waals surface area contributed by atoms with Crippen molar-refractivity contribution in [2.45, 2.75) is 17.1 Å². The fourth-order valence-corrected chi connectivity index (χ4v) is 2.69. The normalized spacial score (nSPS) is 10.8. The van der Waals surface area contributed by atoms with E-state index in [1.807, 2.05) is 28.8 Å². The number of hydrogen-bond acceptors (Lipinski definition) is 5. The molecule has 3 heterocycles. The number of carbonyl (C=O) groups is 1. The van der Waals surface area contributed by atoms with Crippen LogP contribution in [0.5, 0.6) is 0 Å². The van der Waals surface area contributed by atoms with Crippen LogP contribution in [-0.2, 0) is 0 Å². The third-order valence-corrected chi connectivity index (χ3v) is 3.53. The summed E-state index contributed by atoms with van der Waals surface area (Å²) >= 11 is 1.28. The second-order valence-corrected chi connectivity index (χ2v) is 5.14. The van der Waals surface area contributed by atoms with Crippen molar-refractivity contribution < 1.29 is 9.90 Å². The number of pyridine rings is 2. The predicted molar refractivity (Wildman–Crippen MR) is 73.0 cm³/mol. The number of nitrogens with zero attached hydrogens (tertiary/aromatic N) is 4. The van der Waals surface area contributed by atoms with E-state index in [1.54, 1.807) is 6.92 Å². The maximum atomic E-state index is 11.0. The quantitative estimate of drug-likeness (QED) is 0.795. The first kappa shape index (κ1) is 12.6. The van der Waals surface area contributed by atoms with E-state index in [2.05, 4.69) is 15.2 Å². The zero-order chi connectivity index (χ0) is 14.1. The molecule has 0 saturated heterocycles. The molecule has 1 N–H and O–H groups in total. The monoisotopic (exact) mass is 286 g/mol. The first-order valence-electron chi connectivity index (χ1n) is 5.83. The van der Waals surface area contributed by atoms with E-state index in [9.17, 15) is 4.79 Å². The maximum Gasteiger partial charge on any atom is 0.335 e. The zero-order valence-corrected chi connectivity index (χ0v) is 11.3. The van der Waals surface area contributed by atoms with Crippen molar-refractivity contribution in [2.24, 2.45) is 0 Å². The van der Waals surface area contributed by atoms with Gasteiger partial charge in [-0.2, -0.15) is 0 Å². The molecular formula is C13H10N4O2S. The molecule has 0 saturated carbocycles. The van der Waals surface area contributed by atoms with Crippen LogP contribution in [0.4, 0.5) is 0 Å². The van der Waals surface area contributed by atoms with E-state index in [0.717, 1.165) is 5.65 Å². The Morgan fingerprint density at radius 1 is 1.30 bits per heavy atom. The maximum absolute atomic E-state index is 11.0. The van der Waals surface area contributed by atoms with Crippen molar-refractivity contribution in [1.29, 1.82) is 0 Å². The Labute approximate surface area is 118 Å². The Hall–Kier alpha value is -2.41. The fourth-order valence-electron chi connectivity index (χ4n) is 1.80. The van der Waals surface area contributed by atoms with Gasteiger partial charge in [0.05, 0.1) is 5.56 Å². The molecule has 3 aromatic heterocycles. The lowest BCUT2D eigenvalue weighted by Crippen LogP contribution is -1.99. The van der Waals surface area contributed by atoms with E-state index in [1.165, 1.54) is 23.9 Å². The largest absolute Gasteiger partial charge is 0.478 e. The second kappa shape index (κ2) is 4.93. The van der Waals surface area contributed by atoms with Crippen molar-refractivity contribution in [1.82, 2.24) is 19.6 Å². The highest BCUT2D eigenvalue weighted by molar-refractivity contribution is 7.99. The van der Waals surface area contributed by atoms with Gasteiger partial charge in [-0.3, -0.25) is 4.40 Å². The van der Waals surface area contributed by atoms with Gasteiger partial charge < -0.3 is 5.11 Å². The SMILES string of the molecule is Cc1cc(C(=O)O)cc(Sc2nnc3ccccn23)n1. The molecule has 7 heteroatoms. The highest BCUT2D eigenvalue weighted by atomic mass is 32.2. The molecule has 20 heavy (non-hydrogen) atoms. The fraction of sp³-hybridized carbons (Fsp3) is 0.0769. The Bertz CT molecular complexity index is 800. The number of aromatic nitrogens is 4. The van der Waals surface area contributed by atoms with Crippen molar-refractivity contribution in [2.75, 3.05) is 0 Å². The van der Waals surface area contributed by atoms with E-state index in [0.29, 0.717) is 15.9 Å². The minimum atomic E-state index is -0.969. The lowest BCUT2D eigenvalue weighted by Gasteiger charge is -2.03. The molecule has 0 radical (unpaired) electrons. The van der Waals surface area contributed by atoms with Crippen LogP contribution in [0.15, 0.2) is 46.7 Å². The van der Waals surface area contributed by atoms with Gasteiger partial charge in [0, 0.05) is 11.9 Å². The molecule has 6 nitrogen and oxygen atoms in total. The van der Waals surface area contributed by atoms with Crippen molar-refractivity contribution in [3.63, 3.8) is 0 Å². The summed E-state index contributed by atoms with van der Waals surface area (Å²) in [7, 11) is 0. The number of aryl methyl sites for hydroxylation is 1. The number of rotatable bonds is 3. The molecule has 0 fully saturated rings. The highest BCUT2D eigenvalue weighted by Crippen LogP contribution is 2.25. The number of aromatic carboxylic acids is 1. The molecule has 0 aliphatic carbocycles.